The van der Waals surface area contributed by atoms with Crippen molar-refractivity contribution in [2.24, 2.45) is 11.3 Å². The normalized spacial score (nSPS) is 27.7. The zero-order chi connectivity index (χ0) is 16.6. The van der Waals surface area contributed by atoms with Gasteiger partial charge in [-0.1, -0.05) is 13.3 Å². The minimum absolute atomic E-state index is 0.102. The molecule has 2 fully saturated rings. The van der Waals surface area contributed by atoms with E-state index in [-0.39, 0.29) is 17.9 Å². The van der Waals surface area contributed by atoms with E-state index >= 15 is 0 Å². The van der Waals surface area contributed by atoms with Gasteiger partial charge in [0.15, 0.2) is 0 Å². The number of fused-ring (bicyclic) bond motifs is 1. The van der Waals surface area contributed by atoms with E-state index in [1.54, 1.807) is 16.2 Å². The number of rotatable bonds is 4. The fourth-order valence-electron chi connectivity index (χ4n) is 3.83. The highest BCUT2D eigenvalue weighted by Crippen LogP contribution is 2.48. The van der Waals surface area contributed by atoms with Gasteiger partial charge in [-0.05, 0) is 25.7 Å². The van der Waals surface area contributed by atoms with Crippen molar-refractivity contribution in [2.75, 3.05) is 19.6 Å². The molecule has 1 aromatic heterocycles. The number of urea groups is 1. The van der Waals surface area contributed by atoms with Gasteiger partial charge in [-0.15, -0.1) is 11.3 Å². The number of aryl methyl sites for hydroxylation is 1. The number of carbonyl (C=O) groups is 2. The van der Waals surface area contributed by atoms with Gasteiger partial charge in [0, 0.05) is 36.6 Å². The van der Waals surface area contributed by atoms with Gasteiger partial charge in [0.05, 0.1) is 10.4 Å². The fraction of sp³-hybridized carbons (Fsp3) is 0.688. The first-order valence-corrected chi connectivity index (χ1v) is 8.98. The Morgan fingerprint density at radius 1 is 1.61 bits per heavy atom. The second kappa shape index (κ2) is 6.11. The molecule has 2 heterocycles. The first-order valence-electron chi connectivity index (χ1n) is 8.10. The van der Waals surface area contributed by atoms with Gasteiger partial charge in [-0.2, -0.15) is 0 Å². The summed E-state index contributed by atoms with van der Waals surface area (Å²) in [7, 11) is 0. The van der Waals surface area contributed by atoms with Crippen molar-refractivity contribution >= 4 is 23.3 Å². The minimum Gasteiger partial charge on any atom is -0.481 e. The Balaban J connectivity index is 1.56. The van der Waals surface area contributed by atoms with Gasteiger partial charge in [0.2, 0.25) is 0 Å². The summed E-state index contributed by atoms with van der Waals surface area (Å²) in [5.41, 5.74) is 0.286. The highest BCUT2D eigenvalue weighted by Gasteiger charge is 2.55. The average molecular weight is 337 g/mol. The maximum atomic E-state index is 12.4. The molecular weight excluding hydrogens is 314 g/mol. The molecule has 7 heteroatoms. The quantitative estimate of drug-likeness (QED) is 0.884. The summed E-state index contributed by atoms with van der Waals surface area (Å²) in [6, 6.07) is -0.153. The molecule has 1 aliphatic heterocycles. The van der Waals surface area contributed by atoms with Crippen LogP contribution in [-0.2, 0) is 4.79 Å². The van der Waals surface area contributed by atoms with Gasteiger partial charge < -0.3 is 15.3 Å². The number of aliphatic carboxylic acids is 1. The number of amides is 2. The lowest BCUT2D eigenvalue weighted by Gasteiger charge is -2.23. The Hall–Kier alpha value is -1.63. The van der Waals surface area contributed by atoms with Gasteiger partial charge >= 0.3 is 12.0 Å². The maximum absolute atomic E-state index is 12.4. The van der Waals surface area contributed by atoms with Gasteiger partial charge in [-0.25, -0.2) is 9.78 Å². The summed E-state index contributed by atoms with van der Waals surface area (Å²) >= 11 is 1.60. The van der Waals surface area contributed by atoms with Crippen LogP contribution < -0.4 is 5.32 Å². The number of carboxylic acids is 1. The van der Waals surface area contributed by atoms with Crippen LogP contribution in [0.4, 0.5) is 4.79 Å². The smallest absolute Gasteiger partial charge is 0.317 e. The maximum Gasteiger partial charge on any atom is 0.317 e. The summed E-state index contributed by atoms with van der Waals surface area (Å²) in [4.78, 5) is 30.2. The van der Waals surface area contributed by atoms with Crippen LogP contribution >= 0.6 is 11.3 Å². The second-order valence-corrected chi connectivity index (χ2v) is 7.73. The highest BCUT2D eigenvalue weighted by molar-refractivity contribution is 7.09. The first kappa shape index (κ1) is 16.2. The molecule has 1 unspecified atom stereocenters. The Morgan fingerprint density at radius 2 is 2.39 bits per heavy atom. The zero-order valence-corrected chi connectivity index (χ0v) is 14.4. The molecule has 2 amide bonds. The van der Waals surface area contributed by atoms with E-state index in [2.05, 4.69) is 10.3 Å². The van der Waals surface area contributed by atoms with E-state index in [1.165, 1.54) is 0 Å². The van der Waals surface area contributed by atoms with Crippen LogP contribution in [0.2, 0.25) is 0 Å². The molecule has 3 atom stereocenters. The molecule has 0 spiro atoms. The molecule has 2 aliphatic rings. The van der Waals surface area contributed by atoms with Gasteiger partial charge in [0.25, 0.3) is 0 Å². The van der Waals surface area contributed by atoms with Crippen molar-refractivity contribution in [1.82, 2.24) is 15.2 Å². The Morgan fingerprint density at radius 3 is 3.00 bits per heavy atom. The van der Waals surface area contributed by atoms with E-state index in [0.717, 1.165) is 23.5 Å². The molecule has 6 nitrogen and oxygen atoms in total. The van der Waals surface area contributed by atoms with Crippen molar-refractivity contribution in [3.8, 4) is 0 Å². The van der Waals surface area contributed by atoms with Crippen LogP contribution in [0.5, 0.6) is 0 Å². The average Bonchev–Trinajstić information content (AvgIpc) is 3.17. The van der Waals surface area contributed by atoms with E-state index < -0.39 is 11.4 Å². The molecule has 3 rings (SSSR count). The van der Waals surface area contributed by atoms with E-state index in [1.807, 2.05) is 19.2 Å². The third-order valence-electron chi connectivity index (χ3n) is 5.20. The number of hydrogen-bond donors (Lipinski definition) is 2. The topological polar surface area (TPSA) is 82.5 Å². The van der Waals surface area contributed by atoms with Gasteiger partial charge in [0.1, 0.15) is 0 Å². The Kier molecular flexibility index (Phi) is 4.31. The van der Waals surface area contributed by atoms with Crippen LogP contribution in [0, 0.1) is 18.3 Å². The lowest BCUT2D eigenvalue weighted by molar-refractivity contribution is -0.149. The number of carboxylic acid groups (broad SMARTS) is 1. The zero-order valence-electron chi connectivity index (χ0n) is 13.5. The first-order chi connectivity index (χ1) is 10.9. The summed E-state index contributed by atoms with van der Waals surface area (Å²) < 4.78 is 0. The van der Waals surface area contributed by atoms with Crippen molar-refractivity contribution in [3.63, 3.8) is 0 Å². The van der Waals surface area contributed by atoms with E-state index in [9.17, 15) is 14.7 Å². The number of nitrogens with one attached hydrogen (secondary N) is 1. The van der Waals surface area contributed by atoms with Crippen LogP contribution in [0.3, 0.4) is 0 Å². The number of thiazole rings is 1. The fourth-order valence-corrected chi connectivity index (χ4v) is 4.69. The lowest BCUT2D eigenvalue weighted by atomic mass is 9.81. The highest BCUT2D eigenvalue weighted by atomic mass is 32.1. The SMILES string of the molecule is Cc1csc(C(C)CNC(=O)N2C[C@@H]3CCC[C@@]3(C(=O)O)C2)n1. The van der Waals surface area contributed by atoms with Crippen molar-refractivity contribution in [1.29, 1.82) is 0 Å². The summed E-state index contributed by atoms with van der Waals surface area (Å²) in [6.45, 7) is 5.41. The molecule has 1 aromatic rings. The summed E-state index contributed by atoms with van der Waals surface area (Å²) in [5, 5.41) is 15.5. The largest absolute Gasteiger partial charge is 0.481 e. The van der Waals surface area contributed by atoms with Crippen molar-refractivity contribution in [3.05, 3.63) is 16.1 Å². The molecular formula is C16H23N3O3S. The summed E-state index contributed by atoms with van der Waals surface area (Å²) in [5.74, 6) is -0.486. The van der Waals surface area contributed by atoms with E-state index in [0.29, 0.717) is 26.1 Å². The van der Waals surface area contributed by atoms with Crippen LogP contribution in [0.25, 0.3) is 0 Å². The van der Waals surface area contributed by atoms with Crippen molar-refractivity contribution in [2.45, 2.75) is 39.0 Å². The second-order valence-electron chi connectivity index (χ2n) is 6.85. The molecule has 126 valence electrons. The molecule has 23 heavy (non-hydrogen) atoms. The number of likely N-dealkylation sites (tertiary alicyclic amines) is 1. The van der Waals surface area contributed by atoms with Crippen LogP contribution in [-0.4, -0.2) is 46.6 Å². The lowest BCUT2D eigenvalue weighted by Crippen LogP contribution is -2.42. The minimum atomic E-state index is -0.748. The number of hydrogen-bond acceptors (Lipinski definition) is 4. The number of nitrogens with zero attached hydrogens (tertiary/aromatic N) is 2. The molecule has 1 aliphatic carbocycles. The van der Waals surface area contributed by atoms with Crippen molar-refractivity contribution < 1.29 is 14.7 Å². The third-order valence-corrected chi connectivity index (χ3v) is 6.40. The number of carbonyl (C=O) groups excluding carboxylic acids is 1. The Bertz CT molecular complexity index is 617. The monoisotopic (exact) mass is 337 g/mol. The molecule has 1 saturated carbocycles. The molecule has 1 saturated heterocycles. The van der Waals surface area contributed by atoms with Gasteiger partial charge in [-0.3, -0.25) is 4.79 Å². The third kappa shape index (κ3) is 2.94. The molecule has 0 bridgehead atoms. The predicted molar refractivity (Wildman–Crippen MR) is 87.6 cm³/mol. The Labute approximate surface area is 139 Å². The summed E-state index contributed by atoms with van der Waals surface area (Å²) in [6.07, 6.45) is 2.54. The molecule has 0 radical (unpaired) electrons. The van der Waals surface area contributed by atoms with Crippen LogP contribution in [0.15, 0.2) is 5.38 Å². The van der Waals surface area contributed by atoms with E-state index in [4.69, 9.17) is 0 Å². The molecule has 0 aromatic carbocycles. The number of aromatic nitrogens is 1. The standard InChI is InChI=1S/C16H23N3O3S/c1-10(13-18-11(2)8-23-13)6-17-15(22)19-7-12-4-3-5-16(12,9-19)14(20)21/h8,10,12H,3-7,9H2,1-2H3,(H,17,22)(H,20,21)/t10?,12-,16+/m0/s1. The predicted octanol–water partition coefficient (Wildman–Crippen LogP) is 2.45. The molecule has 2 N–H and O–H groups in total. The van der Waals surface area contributed by atoms with Crippen LogP contribution in [0.1, 0.15) is 42.8 Å².